The van der Waals surface area contributed by atoms with E-state index in [-0.39, 0.29) is 13.2 Å². The molecule has 0 spiro atoms. The first-order valence-corrected chi connectivity index (χ1v) is 7.10. The van der Waals surface area contributed by atoms with E-state index in [0.29, 0.717) is 6.42 Å². The SMILES string of the molecule is CC(C)(N)C(C)(CCc1ccc2c(c1)OCO2)CC(=O)O. The number of hydrogen-bond acceptors (Lipinski definition) is 4. The van der Waals surface area contributed by atoms with Crippen LogP contribution in [0.3, 0.4) is 0 Å². The van der Waals surface area contributed by atoms with Gasteiger partial charge in [-0.2, -0.15) is 0 Å². The molecule has 0 bridgehead atoms. The fourth-order valence-electron chi connectivity index (χ4n) is 2.49. The van der Waals surface area contributed by atoms with Crippen LogP contribution in [0.15, 0.2) is 18.2 Å². The van der Waals surface area contributed by atoms with Gasteiger partial charge < -0.3 is 20.3 Å². The predicted molar refractivity (Wildman–Crippen MR) is 79.5 cm³/mol. The first kappa shape index (κ1) is 15.6. The van der Waals surface area contributed by atoms with Gasteiger partial charge in [0.25, 0.3) is 0 Å². The van der Waals surface area contributed by atoms with E-state index in [1.165, 1.54) is 0 Å². The third-order valence-corrected chi connectivity index (χ3v) is 4.50. The van der Waals surface area contributed by atoms with Gasteiger partial charge in [0.15, 0.2) is 11.5 Å². The number of rotatable bonds is 6. The average Bonchev–Trinajstić information content (AvgIpc) is 2.81. The molecule has 5 nitrogen and oxygen atoms in total. The van der Waals surface area contributed by atoms with Crippen molar-refractivity contribution in [3.63, 3.8) is 0 Å². The van der Waals surface area contributed by atoms with Gasteiger partial charge in [-0.1, -0.05) is 13.0 Å². The normalized spacial score (nSPS) is 16.6. The Morgan fingerprint density at radius 2 is 1.95 bits per heavy atom. The van der Waals surface area contributed by atoms with Gasteiger partial charge >= 0.3 is 5.97 Å². The number of nitrogens with two attached hydrogens (primary N) is 1. The Morgan fingerprint density at radius 3 is 2.57 bits per heavy atom. The van der Waals surface area contributed by atoms with Crippen LogP contribution in [-0.2, 0) is 11.2 Å². The summed E-state index contributed by atoms with van der Waals surface area (Å²) < 4.78 is 10.6. The summed E-state index contributed by atoms with van der Waals surface area (Å²) in [6, 6.07) is 5.82. The molecule has 1 aliphatic rings. The monoisotopic (exact) mass is 293 g/mol. The molecule has 0 aliphatic carbocycles. The van der Waals surface area contributed by atoms with E-state index < -0.39 is 16.9 Å². The molecule has 1 atom stereocenters. The van der Waals surface area contributed by atoms with Crippen LogP contribution in [0.1, 0.15) is 39.2 Å². The summed E-state index contributed by atoms with van der Waals surface area (Å²) in [6.07, 6.45) is 1.50. The van der Waals surface area contributed by atoms with Crippen molar-refractivity contribution in [2.24, 2.45) is 11.1 Å². The Morgan fingerprint density at radius 1 is 1.29 bits per heavy atom. The number of fused-ring (bicyclic) bond motifs is 1. The molecule has 5 heteroatoms. The lowest BCUT2D eigenvalue weighted by atomic mass is 9.68. The minimum Gasteiger partial charge on any atom is -0.481 e. The molecule has 1 unspecified atom stereocenters. The number of hydrogen-bond donors (Lipinski definition) is 2. The molecule has 1 aliphatic heterocycles. The highest BCUT2D eigenvalue weighted by Crippen LogP contribution is 2.39. The van der Waals surface area contributed by atoms with Crippen molar-refractivity contribution in [2.75, 3.05) is 6.79 Å². The molecule has 2 rings (SSSR count). The summed E-state index contributed by atoms with van der Waals surface area (Å²) >= 11 is 0. The van der Waals surface area contributed by atoms with Crippen molar-refractivity contribution < 1.29 is 19.4 Å². The van der Waals surface area contributed by atoms with Gasteiger partial charge in [0.2, 0.25) is 6.79 Å². The molecule has 0 amide bonds. The number of ether oxygens (including phenoxy) is 2. The Hall–Kier alpha value is -1.75. The topological polar surface area (TPSA) is 81.8 Å². The Kier molecular flexibility index (Phi) is 4.14. The minimum absolute atomic E-state index is 0.0566. The maximum Gasteiger partial charge on any atom is 0.303 e. The van der Waals surface area contributed by atoms with Crippen LogP contribution in [0.5, 0.6) is 11.5 Å². The molecule has 0 fully saturated rings. The Balaban J connectivity index is 2.10. The molecule has 1 heterocycles. The third kappa shape index (κ3) is 3.47. The zero-order valence-corrected chi connectivity index (χ0v) is 12.8. The minimum atomic E-state index is -0.818. The molecule has 0 saturated heterocycles. The van der Waals surface area contributed by atoms with E-state index in [4.69, 9.17) is 20.3 Å². The van der Waals surface area contributed by atoms with Crippen LogP contribution in [0, 0.1) is 5.41 Å². The van der Waals surface area contributed by atoms with Crippen LogP contribution >= 0.6 is 0 Å². The standard InChI is InChI=1S/C16H23NO4/c1-15(2,17)16(3,9-14(18)19)7-6-11-4-5-12-13(8-11)21-10-20-12/h4-5,8H,6-7,9-10,17H2,1-3H3,(H,18,19). The van der Waals surface area contributed by atoms with Crippen molar-refractivity contribution >= 4 is 5.97 Å². The van der Waals surface area contributed by atoms with Crippen molar-refractivity contribution in [3.8, 4) is 11.5 Å². The van der Waals surface area contributed by atoms with E-state index in [1.807, 2.05) is 39.0 Å². The van der Waals surface area contributed by atoms with Gasteiger partial charge in [-0.3, -0.25) is 4.79 Å². The molecule has 21 heavy (non-hydrogen) atoms. The largest absolute Gasteiger partial charge is 0.481 e. The van der Waals surface area contributed by atoms with E-state index in [9.17, 15) is 4.79 Å². The van der Waals surface area contributed by atoms with Crippen LogP contribution in [-0.4, -0.2) is 23.4 Å². The van der Waals surface area contributed by atoms with Gasteiger partial charge in [0.1, 0.15) is 0 Å². The summed E-state index contributed by atoms with van der Waals surface area (Å²) in [4.78, 5) is 11.1. The highest BCUT2D eigenvalue weighted by Gasteiger charge is 2.39. The predicted octanol–water partition coefficient (Wildman–Crippen LogP) is 2.57. The molecule has 1 aromatic carbocycles. The lowest BCUT2D eigenvalue weighted by Gasteiger charge is -2.41. The zero-order valence-electron chi connectivity index (χ0n) is 12.8. The van der Waals surface area contributed by atoms with E-state index in [0.717, 1.165) is 23.5 Å². The maximum absolute atomic E-state index is 11.1. The van der Waals surface area contributed by atoms with Crippen LogP contribution < -0.4 is 15.2 Å². The van der Waals surface area contributed by atoms with Gasteiger partial charge in [-0.05, 0) is 49.8 Å². The third-order valence-electron chi connectivity index (χ3n) is 4.50. The summed E-state index contributed by atoms with van der Waals surface area (Å²) in [5.41, 5.74) is 6.26. The quantitative estimate of drug-likeness (QED) is 0.842. The lowest BCUT2D eigenvalue weighted by molar-refractivity contribution is -0.140. The molecule has 0 saturated carbocycles. The maximum atomic E-state index is 11.1. The number of aliphatic carboxylic acids is 1. The number of aryl methyl sites for hydroxylation is 1. The molecule has 0 radical (unpaired) electrons. The molecule has 116 valence electrons. The fourth-order valence-corrected chi connectivity index (χ4v) is 2.49. The first-order chi connectivity index (χ1) is 9.71. The van der Waals surface area contributed by atoms with Crippen molar-refractivity contribution in [1.29, 1.82) is 0 Å². The van der Waals surface area contributed by atoms with E-state index in [2.05, 4.69) is 0 Å². The molecular weight excluding hydrogens is 270 g/mol. The molecule has 1 aromatic rings. The smallest absolute Gasteiger partial charge is 0.303 e. The van der Waals surface area contributed by atoms with Crippen LogP contribution in [0.2, 0.25) is 0 Å². The van der Waals surface area contributed by atoms with Gasteiger partial charge in [0.05, 0.1) is 6.42 Å². The Labute approximate surface area is 125 Å². The second-order valence-electron chi connectivity index (χ2n) is 6.54. The molecule has 3 N–H and O–H groups in total. The average molecular weight is 293 g/mol. The summed E-state index contributed by atoms with van der Waals surface area (Å²) in [7, 11) is 0. The van der Waals surface area contributed by atoms with Gasteiger partial charge in [0, 0.05) is 5.54 Å². The number of carboxylic acid groups (broad SMARTS) is 1. The molecule has 0 aromatic heterocycles. The number of benzene rings is 1. The highest BCUT2D eigenvalue weighted by molar-refractivity contribution is 5.68. The lowest BCUT2D eigenvalue weighted by Crippen LogP contribution is -2.50. The number of carboxylic acids is 1. The second kappa shape index (κ2) is 5.56. The first-order valence-electron chi connectivity index (χ1n) is 7.10. The zero-order chi connectivity index (χ0) is 15.7. The number of carbonyl (C=O) groups is 1. The summed E-state index contributed by atoms with van der Waals surface area (Å²) in [5, 5.41) is 9.14. The van der Waals surface area contributed by atoms with Gasteiger partial charge in [-0.15, -0.1) is 0 Å². The van der Waals surface area contributed by atoms with E-state index >= 15 is 0 Å². The summed E-state index contributed by atoms with van der Waals surface area (Å²) in [5.74, 6) is 0.687. The highest BCUT2D eigenvalue weighted by atomic mass is 16.7. The van der Waals surface area contributed by atoms with Crippen LogP contribution in [0.4, 0.5) is 0 Å². The van der Waals surface area contributed by atoms with Crippen molar-refractivity contribution in [3.05, 3.63) is 23.8 Å². The Bertz CT molecular complexity index is 536. The fraction of sp³-hybridized carbons (Fsp3) is 0.562. The molecular formula is C16H23NO4. The second-order valence-corrected chi connectivity index (χ2v) is 6.54. The van der Waals surface area contributed by atoms with Crippen molar-refractivity contribution in [1.82, 2.24) is 0 Å². The summed E-state index contributed by atoms with van der Waals surface area (Å²) in [6.45, 7) is 5.96. The van der Waals surface area contributed by atoms with Gasteiger partial charge in [-0.25, -0.2) is 0 Å². The van der Waals surface area contributed by atoms with Crippen molar-refractivity contribution in [2.45, 2.75) is 45.6 Å². The van der Waals surface area contributed by atoms with E-state index in [1.54, 1.807) is 0 Å². The van der Waals surface area contributed by atoms with Crippen LogP contribution in [0.25, 0.3) is 0 Å².